The second-order valence-electron chi connectivity index (χ2n) is 2.83. The van der Waals surface area contributed by atoms with E-state index in [1.165, 1.54) is 36.5 Å². The van der Waals surface area contributed by atoms with Crippen molar-refractivity contribution in [2.24, 2.45) is 0 Å². The van der Waals surface area contributed by atoms with Crippen LogP contribution in [0, 0.1) is 0 Å². The van der Waals surface area contributed by atoms with Crippen LogP contribution in [0.1, 0.15) is 39.0 Å². The maximum atomic E-state index is 2.41. The lowest BCUT2D eigenvalue weighted by atomic mass is 10.2. The van der Waals surface area contributed by atoms with Gasteiger partial charge >= 0.3 is 0 Å². The van der Waals surface area contributed by atoms with Gasteiger partial charge in [0.25, 0.3) is 0 Å². The van der Waals surface area contributed by atoms with Crippen LogP contribution >= 0.6 is 22.6 Å². The highest BCUT2D eigenvalue weighted by molar-refractivity contribution is 14.1. The third-order valence-corrected chi connectivity index (χ3v) is 2.37. The van der Waals surface area contributed by atoms with Crippen LogP contribution in [0.3, 0.4) is 0 Å². The Bertz CT molecular complexity index is 109. The first kappa shape index (κ1) is 12.2. The van der Waals surface area contributed by atoms with Crippen LogP contribution in [0.4, 0.5) is 0 Å². The fourth-order valence-corrected chi connectivity index (χ4v) is 1.31. The van der Waals surface area contributed by atoms with Gasteiger partial charge in [-0.25, -0.2) is 0 Å². The normalized spacial score (nSPS) is 11.8. The fraction of sp³-hybridized carbons (Fsp3) is 0.636. The number of rotatable bonds is 7. The molecule has 0 atom stereocenters. The molecule has 0 bridgehead atoms. The van der Waals surface area contributed by atoms with E-state index >= 15 is 0 Å². The molecule has 0 aliphatic carbocycles. The standard InChI is InChI=1S/C11H19I/c1-2-3-4-5-6-7-8-9-10-11-12/h5-8H,2-4,9-11H2,1H3/b6-5-,8-7-. The highest BCUT2D eigenvalue weighted by atomic mass is 127. The number of unbranched alkanes of at least 4 members (excludes halogenated alkanes) is 3. The van der Waals surface area contributed by atoms with E-state index in [9.17, 15) is 0 Å². The maximum Gasteiger partial charge on any atom is -0.000178 e. The first-order valence-electron chi connectivity index (χ1n) is 4.79. The molecule has 0 N–H and O–H groups in total. The van der Waals surface area contributed by atoms with Crippen LogP contribution in [0.5, 0.6) is 0 Å². The van der Waals surface area contributed by atoms with Gasteiger partial charge in [0, 0.05) is 0 Å². The summed E-state index contributed by atoms with van der Waals surface area (Å²) >= 11 is 2.41. The summed E-state index contributed by atoms with van der Waals surface area (Å²) in [6, 6.07) is 0. The summed E-state index contributed by atoms with van der Waals surface area (Å²) in [5.74, 6) is 0. The number of halogens is 1. The van der Waals surface area contributed by atoms with E-state index in [0.29, 0.717) is 0 Å². The second-order valence-corrected chi connectivity index (χ2v) is 3.91. The molecule has 0 aromatic carbocycles. The van der Waals surface area contributed by atoms with Gasteiger partial charge in [-0.15, -0.1) is 0 Å². The Hall–Kier alpha value is 0.210. The van der Waals surface area contributed by atoms with E-state index in [4.69, 9.17) is 0 Å². The minimum Gasteiger partial charge on any atom is -0.0864 e. The lowest BCUT2D eigenvalue weighted by molar-refractivity contribution is 0.815. The first-order valence-corrected chi connectivity index (χ1v) is 6.32. The molecule has 0 saturated heterocycles. The Labute approximate surface area is 90.3 Å². The van der Waals surface area contributed by atoms with Crippen LogP contribution in [-0.2, 0) is 0 Å². The molecule has 0 radical (unpaired) electrons. The highest BCUT2D eigenvalue weighted by Gasteiger charge is 1.77. The summed E-state index contributed by atoms with van der Waals surface area (Å²) in [5, 5.41) is 0. The largest absolute Gasteiger partial charge is 0.0864 e. The Morgan fingerprint density at radius 3 is 2.08 bits per heavy atom. The molecule has 0 heterocycles. The molecule has 70 valence electrons. The molecule has 0 aliphatic heterocycles. The predicted octanol–water partition coefficient (Wildman–Crippen LogP) is 4.50. The maximum absolute atomic E-state index is 2.41. The van der Waals surface area contributed by atoms with Gasteiger partial charge in [0.05, 0.1) is 0 Å². The van der Waals surface area contributed by atoms with Crippen molar-refractivity contribution in [2.75, 3.05) is 4.43 Å². The van der Waals surface area contributed by atoms with E-state index < -0.39 is 0 Å². The molecule has 0 fully saturated rings. The Morgan fingerprint density at radius 2 is 1.58 bits per heavy atom. The van der Waals surface area contributed by atoms with E-state index in [0.717, 1.165) is 0 Å². The first-order chi connectivity index (χ1) is 5.91. The van der Waals surface area contributed by atoms with Crippen molar-refractivity contribution in [2.45, 2.75) is 39.0 Å². The Morgan fingerprint density at radius 1 is 1.00 bits per heavy atom. The summed E-state index contributed by atoms with van der Waals surface area (Å²) in [6.07, 6.45) is 15.2. The molecular formula is C11H19I. The summed E-state index contributed by atoms with van der Waals surface area (Å²) in [6.45, 7) is 2.23. The van der Waals surface area contributed by atoms with E-state index in [-0.39, 0.29) is 0 Å². The molecule has 0 rings (SSSR count). The zero-order valence-corrected chi connectivity index (χ0v) is 10.1. The predicted molar refractivity (Wildman–Crippen MR) is 65.9 cm³/mol. The quantitative estimate of drug-likeness (QED) is 0.278. The van der Waals surface area contributed by atoms with Gasteiger partial charge in [0.2, 0.25) is 0 Å². The third kappa shape index (κ3) is 10.2. The molecule has 12 heavy (non-hydrogen) atoms. The molecule has 0 saturated carbocycles. The van der Waals surface area contributed by atoms with Gasteiger partial charge in [-0.05, 0) is 23.7 Å². The molecule has 0 spiro atoms. The monoisotopic (exact) mass is 278 g/mol. The molecule has 1 heteroatoms. The van der Waals surface area contributed by atoms with Crippen molar-refractivity contribution >= 4 is 22.6 Å². The number of alkyl halides is 1. The van der Waals surface area contributed by atoms with Gasteiger partial charge in [-0.1, -0.05) is 66.7 Å². The van der Waals surface area contributed by atoms with Crippen LogP contribution in [0.2, 0.25) is 0 Å². The zero-order valence-electron chi connectivity index (χ0n) is 7.93. The fourth-order valence-electron chi connectivity index (χ4n) is 0.867. The van der Waals surface area contributed by atoms with Crippen LogP contribution in [0.25, 0.3) is 0 Å². The zero-order chi connectivity index (χ0) is 9.07. The van der Waals surface area contributed by atoms with Crippen molar-refractivity contribution in [1.29, 1.82) is 0 Å². The van der Waals surface area contributed by atoms with Gasteiger partial charge in [-0.2, -0.15) is 0 Å². The van der Waals surface area contributed by atoms with Gasteiger partial charge in [-0.3, -0.25) is 0 Å². The van der Waals surface area contributed by atoms with Gasteiger partial charge in [0.1, 0.15) is 0 Å². The number of allylic oxidation sites excluding steroid dienone is 4. The molecule has 0 aromatic rings. The Kier molecular flexibility index (Phi) is 11.4. The smallest absolute Gasteiger partial charge is 0.000178 e. The third-order valence-electron chi connectivity index (χ3n) is 1.61. The molecule has 0 aromatic heterocycles. The summed E-state index contributed by atoms with van der Waals surface area (Å²) in [4.78, 5) is 0. The Balaban J connectivity index is 3.15. The minimum atomic E-state index is 1.22. The summed E-state index contributed by atoms with van der Waals surface area (Å²) < 4.78 is 1.27. The SMILES string of the molecule is CCCC/C=C\C=C/CCCI. The average molecular weight is 278 g/mol. The topological polar surface area (TPSA) is 0 Å². The van der Waals surface area contributed by atoms with Crippen LogP contribution in [-0.4, -0.2) is 4.43 Å². The summed E-state index contributed by atoms with van der Waals surface area (Å²) in [5.41, 5.74) is 0. The van der Waals surface area contributed by atoms with E-state index in [1.54, 1.807) is 0 Å². The van der Waals surface area contributed by atoms with Crippen molar-refractivity contribution in [3.8, 4) is 0 Å². The molecular weight excluding hydrogens is 259 g/mol. The number of hydrogen-bond donors (Lipinski definition) is 0. The van der Waals surface area contributed by atoms with Crippen molar-refractivity contribution in [3.63, 3.8) is 0 Å². The molecule has 0 unspecified atom stereocenters. The number of hydrogen-bond acceptors (Lipinski definition) is 0. The summed E-state index contributed by atoms with van der Waals surface area (Å²) in [7, 11) is 0. The second kappa shape index (κ2) is 11.2. The molecule has 0 aliphatic rings. The van der Waals surface area contributed by atoms with Gasteiger partial charge in [0.15, 0.2) is 0 Å². The van der Waals surface area contributed by atoms with Crippen LogP contribution in [0.15, 0.2) is 24.3 Å². The van der Waals surface area contributed by atoms with Crippen molar-refractivity contribution in [3.05, 3.63) is 24.3 Å². The van der Waals surface area contributed by atoms with Crippen molar-refractivity contribution in [1.82, 2.24) is 0 Å². The van der Waals surface area contributed by atoms with Crippen LogP contribution < -0.4 is 0 Å². The molecule has 0 amide bonds. The highest BCUT2D eigenvalue weighted by Crippen LogP contribution is 1.97. The van der Waals surface area contributed by atoms with E-state index in [1.807, 2.05) is 0 Å². The lowest BCUT2D eigenvalue weighted by Crippen LogP contribution is -1.69. The minimum absolute atomic E-state index is 1.22. The van der Waals surface area contributed by atoms with E-state index in [2.05, 4.69) is 53.8 Å². The van der Waals surface area contributed by atoms with Gasteiger partial charge < -0.3 is 0 Å². The molecule has 0 nitrogen and oxygen atoms in total. The average Bonchev–Trinajstić information content (AvgIpc) is 2.10. The lowest BCUT2D eigenvalue weighted by Gasteiger charge is -1.86. The van der Waals surface area contributed by atoms with Crippen molar-refractivity contribution < 1.29 is 0 Å².